The number of fused-ring (bicyclic) bond motifs is 1. The SMILES string of the molecule is NCc1cc(-c2cc(Br)c3c(c2)OCCCO3)no1. The maximum Gasteiger partial charge on any atom is 0.175 e. The second-order valence-corrected chi connectivity index (χ2v) is 5.07. The van der Waals surface area contributed by atoms with Gasteiger partial charge in [-0.3, -0.25) is 0 Å². The van der Waals surface area contributed by atoms with Gasteiger partial charge < -0.3 is 19.7 Å². The molecule has 0 amide bonds. The summed E-state index contributed by atoms with van der Waals surface area (Å²) in [6.45, 7) is 1.64. The van der Waals surface area contributed by atoms with Gasteiger partial charge in [-0.15, -0.1) is 0 Å². The minimum Gasteiger partial charge on any atom is -0.489 e. The molecule has 3 rings (SSSR count). The highest BCUT2D eigenvalue weighted by Gasteiger charge is 2.17. The molecule has 0 radical (unpaired) electrons. The molecule has 1 aliphatic rings. The third-order valence-corrected chi connectivity index (χ3v) is 3.45. The monoisotopic (exact) mass is 324 g/mol. The number of nitrogens with zero attached hydrogens (tertiary/aromatic N) is 1. The van der Waals surface area contributed by atoms with Crippen LogP contribution in [0.2, 0.25) is 0 Å². The van der Waals surface area contributed by atoms with Gasteiger partial charge in [-0.25, -0.2) is 0 Å². The Morgan fingerprint density at radius 2 is 2.05 bits per heavy atom. The predicted octanol–water partition coefficient (Wildman–Crippen LogP) is 2.72. The molecular weight excluding hydrogens is 312 g/mol. The van der Waals surface area contributed by atoms with Gasteiger partial charge in [0.1, 0.15) is 5.69 Å². The molecule has 0 bridgehead atoms. The van der Waals surface area contributed by atoms with Crippen LogP contribution < -0.4 is 15.2 Å². The highest BCUT2D eigenvalue weighted by Crippen LogP contribution is 2.40. The molecule has 2 heterocycles. The fourth-order valence-electron chi connectivity index (χ4n) is 1.92. The van der Waals surface area contributed by atoms with E-state index in [1.807, 2.05) is 18.2 Å². The molecule has 2 N–H and O–H groups in total. The third-order valence-electron chi connectivity index (χ3n) is 2.86. The summed E-state index contributed by atoms with van der Waals surface area (Å²) in [5.74, 6) is 2.11. The van der Waals surface area contributed by atoms with Crippen LogP contribution >= 0.6 is 15.9 Å². The summed E-state index contributed by atoms with van der Waals surface area (Å²) in [6.07, 6.45) is 0.873. The number of aromatic nitrogens is 1. The van der Waals surface area contributed by atoms with E-state index in [2.05, 4.69) is 21.1 Å². The minimum absolute atomic E-state index is 0.332. The number of benzene rings is 1. The first kappa shape index (κ1) is 12.5. The highest BCUT2D eigenvalue weighted by molar-refractivity contribution is 9.10. The maximum atomic E-state index is 5.69. The standard InChI is InChI=1S/C13H13BrN2O3/c14-10-4-8(11-6-9(7-15)19-16-11)5-12-13(10)18-3-1-2-17-12/h4-6H,1-3,7,15H2. The number of ether oxygens (including phenoxy) is 2. The van der Waals surface area contributed by atoms with Gasteiger partial charge >= 0.3 is 0 Å². The lowest BCUT2D eigenvalue weighted by atomic mass is 10.1. The van der Waals surface area contributed by atoms with Crippen molar-refractivity contribution in [1.29, 1.82) is 0 Å². The lowest BCUT2D eigenvalue weighted by molar-refractivity contribution is 0.296. The number of hydrogen-bond acceptors (Lipinski definition) is 5. The van der Waals surface area contributed by atoms with Crippen molar-refractivity contribution in [3.05, 3.63) is 28.4 Å². The van der Waals surface area contributed by atoms with Crippen molar-refractivity contribution in [3.63, 3.8) is 0 Å². The van der Waals surface area contributed by atoms with Gasteiger partial charge in [0.25, 0.3) is 0 Å². The molecule has 0 spiro atoms. The minimum atomic E-state index is 0.332. The fraction of sp³-hybridized carbons (Fsp3) is 0.308. The number of halogens is 1. The van der Waals surface area contributed by atoms with E-state index in [9.17, 15) is 0 Å². The van der Waals surface area contributed by atoms with Crippen LogP contribution in [0.5, 0.6) is 11.5 Å². The first-order valence-electron chi connectivity index (χ1n) is 6.03. The Labute approximate surface area is 118 Å². The largest absolute Gasteiger partial charge is 0.489 e. The van der Waals surface area contributed by atoms with Crippen molar-refractivity contribution >= 4 is 15.9 Å². The van der Waals surface area contributed by atoms with Crippen LogP contribution in [0.15, 0.2) is 27.2 Å². The van der Waals surface area contributed by atoms with Crippen LogP contribution in [0, 0.1) is 0 Å². The van der Waals surface area contributed by atoms with E-state index in [4.69, 9.17) is 19.7 Å². The Kier molecular flexibility index (Phi) is 3.44. The van der Waals surface area contributed by atoms with Crippen LogP contribution in [0.1, 0.15) is 12.2 Å². The lowest BCUT2D eigenvalue weighted by Gasteiger charge is -2.10. The average Bonchev–Trinajstić information content (AvgIpc) is 2.77. The summed E-state index contributed by atoms with van der Waals surface area (Å²) >= 11 is 3.50. The van der Waals surface area contributed by atoms with Gasteiger partial charge in [-0.2, -0.15) is 0 Å². The van der Waals surface area contributed by atoms with Crippen molar-refractivity contribution in [2.45, 2.75) is 13.0 Å². The zero-order valence-corrected chi connectivity index (χ0v) is 11.8. The number of rotatable bonds is 2. The summed E-state index contributed by atoms with van der Waals surface area (Å²) < 4.78 is 17.3. The second-order valence-electron chi connectivity index (χ2n) is 4.22. The first-order valence-corrected chi connectivity index (χ1v) is 6.82. The summed E-state index contributed by atoms with van der Waals surface area (Å²) in [7, 11) is 0. The molecule has 0 atom stereocenters. The molecule has 1 aromatic carbocycles. The lowest BCUT2D eigenvalue weighted by Crippen LogP contribution is -1.97. The van der Waals surface area contributed by atoms with Crippen molar-refractivity contribution in [1.82, 2.24) is 5.16 Å². The van der Waals surface area contributed by atoms with E-state index in [0.29, 0.717) is 25.5 Å². The Balaban J connectivity index is 2.03. The van der Waals surface area contributed by atoms with Crippen molar-refractivity contribution in [2.24, 2.45) is 5.73 Å². The van der Waals surface area contributed by atoms with E-state index < -0.39 is 0 Å². The number of nitrogens with two attached hydrogens (primary N) is 1. The van der Waals surface area contributed by atoms with Crippen LogP contribution in [0.25, 0.3) is 11.3 Å². The smallest absolute Gasteiger partial charge is 0.175 e. The molecule has 0 saturated carbocycles. The van der Waals surface area contributed by atoms with E-state index in [0.717, 1.165) is 33.6 Å². The summed E-state index contributed by atoms with van der Waals surface area (Å²) in [6, 6.07) is 5.67. The highest BCUT2D eigenvalue weighted by atomic mass is 79.9. The molecular formula is C13H13BrN2O3. The van der Waals surface area contributed by atoms with Crippen molar-refractivity contribution in [3.8, 4) is 22.8 Å². The zero-order valence-electron chi connectivity index (χ0n) is 10.2. The van der Waals surface area contributed by atoms with Gasteiger partial charge in [0.05, 0.1) is 24.2 Å². The number of hydrogen-bond donors (Lipinski definition) is 1. The van der Waals surface area contributed by atoms with E-state index >= 15 is 0 Å². The van der Waals surface area contributed by atoms with Gasteiger partial charge in [0, 0.05) is 18.1 Å². The van der Waals surface area contributed by atoms with E-state index in [1.165, 1.54) is 0 Å². The molecule has 0 fully saturated rings. The van der Waals surface area contributed by atoms with Crippen LogP contribution in [0.3, 0.4) is 0 Å². The Morgan fingerprint density at radius 3 is 2.84 bits per heavy atom. The van der Waals surface area contributed by atoms with Crippen LogP contribution in [0.4, 0.5) is 0 Å². The van der Waals surface area contributed by atoms with E-state index in [-0.39, 0.29) is 0 Å². The molecule has 2 aromatic rings. The van der Waals surface area contributed by atoms with Gasteiger partial charge in [-0.1, -0.05) is 5.16 Å². The van der Waals surface area contributed by atoms with Crippen LogP contribution in [-0.2, 0) is 6.54 Å². The molecule has 6 heteroatoms. The Morgan fingerprint density at radius 1 is 1.21 bits per heavy atom. The predicted molar refractivity (Wildman–Crippen MR) is 73.1 cm³/mol. The molecule has 0 aliphatic carbocycles. The Bertz CT molecular complexity index is 598. The molecule has 0 unspecified atom stereocenters. The normalized spacial score (nSPS) is 14.2. The molecule has 1 aromatic heterocycles. The Hall–Kier alpha value is -1.53. The topological polar surface area (TPSA) is 70.5 Å². The van der Waals surface area contributed by atoms with Crippen LogP contribution in [-0.4, -0.2) is 18.4 Å². The fourth-order valence-corrected chi connectivity index (χ4v) is 2.48. The second kappa shape index (κ2) is 5.22. The average molecular weight is 325 g/mol. The van der Waals surface area contributed by atoms with Gasteiger partial charge in [0.15, 0.2) is 17.3 Å². The van der Waals surface area contributed by atoms with E-state index in [1.54, 1.807) is 0 Å². The van der Waals surface area contributed by atoms with Gasteiger partial charge in [-0.05, 0) is 28.1 Å². The summed E-state index contributed by atoms with van der Waals surface area (Å²) in [4.78, 5) is 0. The first-order chi connectivity index (χ1) is 9.28. The quantitative estimate of drug-likeness (QED) is 0.919. The van der Waals surface area contributed by atoms with Crippen molar-refractivity contribution in [2.75, 3.05) is 13.2 Å². The zero-order chi connectivity index (χ0) is 13.2. The van der Waals surface area contributed by atoms with Crippen molar-refractivity contribution < 1.29 is 14.0 Å². The summed E-state index contributed by atoms with van der Waals surface area (Å²) in [5.41, 5.74) is 7.15. The van der Waals surface area contributed by atoms with Gasteiger partial charge in [0.2, 0.25) is 0 Å². The maximum absolute atomic E-state index is 5.69. The summed E-state index contributed by atoms with van der Waals surface area (Å²) in [5, 5.41) is 4.00. The molecule has 0 saturated heterocycles. The molecule has 19 heavy (non-hydrogen) atoms. The molecule has 100 valence electrons. The molecule has 1 aliphatic heterocycles. The third kappa shape index (κ3) is 2.46. The molecule has 5 nitrogen and oxygen atoms in total.